The Labute approximate surface area is 50.9 Å². The van der Waals surface area contributed by atoms with Gasteiger partial charge in [-0.3, -0.25) is 0 Å². The van der Waals surface area contributed by atoms with Gasteiger partial charge in [0.15, 0.2) is 0 Å². The molecule has 0 aromatic heterocycles. The summed E-state index contributed by atoms with van der Waals surface area (Å²) in [4.78, 5) is 8.11. The zero-order chi connectivity index (χ0) is 7.86. The summed E-state index contributed by atoms with van der Waals surface area (Å²) in [5, 5.41) is 16.0. The average Bonchev–Trinajstić information content (AvgIpc) is 1.65. The summed E-state index contributed by atoms with van der Waals surface area (Å²) in [5.41, 5.74) is 0. The summed E-state index contributed by atoms with van der Waals surface area (Å²) in [5.74, 6) is 0. The molecule has 0 bridgehead atoms. The summed E-state index contributed by atoms with van der Waals surface area (Å²) in [6.07, 6.45) is -3.39. The second-order valence-corrected chi connectivity index (χ2v) is 1.26. The maximum atomic E-state index is 9.69. The van der Waals surface area contributed by atoms with Crippen LogP contribution in [0.2, 0.25) is 0 Å². The summed E-state index contributed by atoms with van der Waals surface area (Å²) in [6.45, 7) is 1.39. The summed E-state index contributed by atoms with van der Waals surface area (Å²) < 4.78 is 19.4. The Morgan fingerprint density at radius 2 is 1.78 bits per heavy atom. The Morgan fingerprint density at radius 1 is 1.67 bits per heavy atom. The standard InChI is InChI=1S/C3H8O2.CF2O/c1-3(5)2-4;2-1(3)4/h3-5H,2H2,1H3;. The Kier molecular flexibility index (Phi) is 9.33. The molecular weight excluding hydrogens is 134 g/mol. The van der Waals surface area contributed by atoms with Gasteiger partial charge in [0, 0.05) is 0 Å². The quantitative estimate of drug-likeness (QED) is 0.521. The molecular formula is C4H8F2O3. The van der Waals surface area contributed by atoms with Crippen molar-refractivity contribution in [3.8, 4) is 0 Å². The molecule has 0 aromatic rings. The number of carbonyl (C=O) groups excluding carboxylic acids is 1. The van der Waals surface area contributed by atoms with Crippen molar-refractivity contribution in [3.63, 3.8) is 0 Å². The smallest absolute Gasteiger partial charge is 0.394 e. The van der Waals surface area contributed by atoms with Crippen molar-refractivity contribution < 1.29 is 23.8 Å². The molecule has 0 saturated carbocycles. The number of aliphatic hydroxyl groups is 2. The van der Waals surface area contributed by atoms with E-state index >= 15 is 0 Å². The molecule has 3 nitrogen and oxygen atoms in total. The molecule has 5 heteroatoms. The van der Waals surface area contributed by atoms with Crippen molar-refractivity contribution in [1.29, 1.82) is 0 Å². The fourth-order valence-corrected chi connectivity index (χ4v) is 0. The van der Waals surface area contributed by atoms with Crippen LogP contribution in [0.4, 0.5) is 13.6 Å². The van der Waals surface area contributed by atoms with Crippen molar-refractivity contribution in [2.45, 2.75) is 13.0 Å². The maximum absolute atomic E-state index is 9.69. The minimum absolute atomic E-state index is 0.139. The number of rotatable bonds is 1. The van der Waals surface area contributed by atoms with E-state index in [2.05, 4.69) is 0 Å². The number of hydrogen-bond acceptors (Lipinski definition) is 3. The second kappa shape index (κ2) is 7.45. The van der Waals surface area contributed by atoms with Gasteiger partial charge >= 0.3 is 6.29 Å². The Morgan fingerprint density at radius 3 is 1.78 bits per heavy atom. The first kappa shape index (κ1) is 11.3. The summed E-state index contributed by atoms with van der Waals surface area (Å²) >= 11 is 0. The van der Waals surface area contributed by atoms with E-state index < -0.39 is 12.4 Å². The van der Waals surface area contributed by atoms with E-state index in [4.69, 9.17) is 15.0 Å². The van der Waals surface area contributed by atoms with Crippen LogP contribution in [0.25, 0.3) is 0 Å². The average molecular weight is 142 g/mol. The van der Waals surface area contributed by atoms with Crippen LogP contribution in [0.15, 0.2) is 0 Å². The van der Waals surface area contributed by atoms with Gasteiger partial charge in [0.1, 0.15) is 0 Å². The largest absolute Gasteiger partial charge is 0.483 e. The fraction of sp³-hybridized carbons (Fsp3) is 0.750. The third kappa shape index (κ3) is 105. The molecule has 56 valence electrons. The van der Waals surface area contributed by atoms with Gasteiger partial charge in [-0.15, -0.1) is 8.78 Å². The van der Waals surface area contributed by atoms with E-state index in [1.54, 1.807) is 0 Å². The van der Waals surface area contributed by atoms with Gasteiger partial charge in [0.25, 0.3) is 0 Å². The predicted octanol–water partition coefficient (Wildman–Crippen LogP) is 0.405. The molecule has 0 amide bonds. The van der Waals surface area contributed by atoms with E-state index in [9.17, 15) is 8.78 Å². The molecule has 9 heavy (non-hydrogen) atoms. The number of carbonyl (C=O) groups is 1. The van der Waals surface area contributed by atoms with Crippen LogP contribution in [0, 0.1) is 0 Å². The SMILES string of the molecule is CC(O)CO.O=C(F)F. The molecule has 0 aliphatic rings. The van der Waals surface area contributed by atoms with Crippen LogP contribution in [-0.4, -0.2) is 29.2 Å². The number of hydrogen-bond donors (Lipinski definition) is 2. The van der Waals surface area contributed by atoms with Gasteiger partial charge in [0.2, 0.25) is 0 Å². The van der Waals surface area contributed by atoms with Gasteiger partial charge in [-0.25, -0.2) is 4.79 Å². The van der Waals surface area contributed by atoms with E-state index in [1.165, 1.54) is 6.92 Å². The molecule has 0 spiro atoms. The van der Waals surface area contributed by atoms with Crippen LogP contribution < -0.4 is 0 Å². The van der Waals surface area contributed by atoms with Gasteiger partial charge in [-0.05, 0) is 6.92 Å². The highest BCUT2D eigenvalue weighted by molar-refractivity contribution is 5.55. The lowest BCUT2D eigenvalue weighted by Gasteiger charge is -1.90. The molecule has 0 radical (unpaired) electrons. The van der Waals surface area contributed by atoms with Crippen LogP contribution in [0.5, 0.6) is 0 Å². The lowest BCUT2D eigenvalue weighted by molar-refractivity contribution is 0.110. The molecule has 0 aliphatic heterocycles. The van der Waals surface area contributed by atoms with Gasteiger partial charge in [0.05, 0.1) is 12.7 Å². The first-order valence-electron chi connectivity index (χ1n) is 2.14. The fourth-order valence-electron chi connectivity index (χ4n) is 0. The Hall–Kier alpha value is -0.550. The minimum atomic E-state index is -2.83. The molecule has 0 fully saturated rings. The highest BCUT2D eigenvalue weighted by Gasteiger charge is 1.83. The minimum Gasteiger partial charge on any atom is -0.394 e. The van der Waals surface area contributed by atoms with Crippen molar-refractivity contribution in [1.82, 2.24) is 0 Å². The van der Waals surface area contributed by atoms with Crippen molar-refractivity contribution >= 4 is 6.29 Å². The lowest BCUT2D eigenvalue weighted by atomic mass is 10.5. The Bertz CT molecular complexity index is 70.2. The molecule has 1 unspecified atom stereocenters. The van der Waals surface area contributed by atoms with Crippen molar-refractivity contribution in [2.75, 3.05) is 6.61 Å². The summed E-state index contributed by atoms with van der Waals surface area (Å²) in [6, 6.07) is 0. The maximum Gasteiger partial charge on any atom is 0.483 e. The second-order valence-electron chi connectivity index (χ2n) is 1.26. The van der Waals surface area contributed by atoms with E-state index in [1.807, 2.05) is 0 Å². The third-order valence-corrected chi connectivity index (χ3v) is 0.264. The zero-order valence-corrected chi connectivity index (χ0v) is 4.84. The molecule has 0 rings (SSSR count). The third-order valence-electron chi connectivity index (χ3n) is 0.264. The van der Waals surface area contributed by atoms with Crippen LogP contribution in [0.3, 0.4) is 0 Å². The molecule has 1 atom stereocenters. The highest BCUT2D eigenvalue weighted by atomic mass is 19.3. The monoisotopic (exact) mass is 142 g/mol. The molecule has 0 saturated heterocycles. The van der Waals surface area contributed by atoms with Gasteiger partial charge < -0.3 is 10.2 Å². The van der Waals surface area contributed by atoms with Gasteiger partial charge in [-0.2, -0.15) is 0 Å². The molecule has 0 aromatic carbocycles. The summed E-state index contributed by atoms with van der Waals surface area (Å²) in [7, 11) is 0. The molecule has 2 N–H and O–H groups in total. The first-order chi connectivity index (χ1) is 4.00. The topological polar surface area (TPSA) is 57.5 Å². The molecule has 0 aliphatic carbocycles. The lowest BCUT2D eigenvalue weighted by Crippen LogP contribution is -2.03. The van der Waals surface area contributed by atoms with Crippen LogP contribution in [0.1, 0.15) is 6.92 Å². The van der Waals surface area contributed by atoms with Crippen LogP contribution >= 0.6 is 0 Å². The van der Waals surface area contributed by atoms with Gasteiger partial charge in [-0.1, -0.05) is 0 Å². The van der Waals surface area contributed by atoms with Crippen LogP contribution in [-0.2, 0) is 0 Å². The van der Waals surface area contributed by atoms with Crippen molar-refractivity contribution in [2.24, 2.45) is 0 Å². The van der Waals surface area contributed by atoms with E-state index in [-0.39, 0.29) is 6.61 Å². The Balaban J connectivity index is 0. The van der Waals surface area contributed by atoms with E-state index in [0.29, 0.717) is 0 Å². The normalized spacial score (nSPS) is 11.2. The van der Waals surface area contributed by atoms with Crippen molar-refractivity contribution in [3.05, 3.63) is 0 Å². The predicted molar refractivity (Wildman–Crippen MR) is 26.4 cm³/mol. The first-order valence-corrected chi connectivity index (χ1v) is 2.14. The number of halogens is 2. The number of aliphatic hydroxyl groups excluding tert-OH is 2. The van der Waals surface area contributed by atoms with E-state index in [0.717, 1.165) is 0 Å². The molecule has 0 heterocycles. The highest BCUT2D eigenvalue weighted by Crippen LogP contribution is 1.70. The zero-order valence-electron chi connectivity index (χ0n) is 4.84.